The molecule has 6 nitrogen and oxygen atoms in total. The van der Waals surface area contributed by atoms with Crippen molar-refractivity contribution in [2.24, 2.45) is 0 Å². The maximum absolute atomic E-state index is 13.0. The van der Waals surface area contributed by atoms with Crippen molar-refractivity contribution in [3.05, 3.63) is 74.6 Å². The van der Waals surface area contributed by atoms with Crippen molar-refractivity contribution in [1.29, 1.82) is 0 Å². The van der Waals surface area contributed by atoms with E-state index >= 15 is 0 Å². The van der Waals surface area contributed by atoms with Crippen molar-refractivity contribution in [2.45, 2.75) is 20.0 Å². The van der Waals surface area contributed by atoms with Crippen LogP contribution in [0.5, 0.6) is 0 Å². The third-order valence-corrected chi connectivity index (χ3v) is 5.69. The van der Waals surface area contributed by atoms with E-state index in [1.807, 2.05) is 31.2 Å². The topological polar surface area (TPSA) is 72.2 Å². The summed E-state index contributed by atoms with van der Waals surface area (Å²) in [6.45, 7) is 3.44. The van der Waals surface area contributed by atoms with Crippen molar-refractivity contribution in [3.8, 4) is 11.1 Å². The molecule has 4 rings (SSSR count). The maximum atomic E-state index is 13.0. The highest BCUT2D eigenvalue weighted by Gasteiger charge is 2.31. The largest absolute Gasteiger partial charge is 0.416 e. The number of aromatic nitrogens is 4. The van der Waals surface area contributed by atoms with Gasteiger partial charge in [0, 0.05) is 4.47 Å². The number of benzene rings is 2. The van der Waals surface area contributed by atoms with E-state index in [9.17, 15) is 18.0 Å². The quantitative estimate of drug-likeness (QED) is 0.352. The van der Waals surface area contributed by atoms with Crippen LogP contribution in [0.4, 0.5) is 18.9 Å². The van der Waals surface area contributed by atoms with E-state index in [0.29, 0.717) is 17.0 Å². The molecule has 11 heteroatoms. The number of carbonyl (C=O) groups excluding carboxylic acids is 1. The number of hydrogen-bond donors (Lipinski definition) is 1. The zero-order valence-corrected chi connectivity index (χ0v) is 19.0. The summed E-state index contributed by atoms with van der Waals surface area (Å²) in [5, 5.41) is 15.0. The Kier molecular flexibility index (Phi) is 5.68. The maximum Gasteiger partial charge on any atom is 0.416 e. The van der Waals surface area contributed by atoms with Gasteiger partial charge < -0.3 is 5.32 Å². The Morgan fingerprint density at radius 2 is 1.78 bits per heavy atom. The molecule has 164 valence electrons. The molecule has 0 atom stereocenters. The molecule has 0 fully saturated rings. The van der Waals surface area contributed by atoms with Gasteiger partial charge in [-0.15, -0.1) is 10.2 Å². The first-order valence-corrected chi connectivity index (χ1v) is 10.4. The summed E-state index contributed by atoms with van der Waals surface area (Å²) in [6, 6.07) is 10.3. The first kappa shape index (κ1) is 22.2. The number of fused-ring (bicyclic) bond motifs is 1. The Morgan fingerprint density at radius 1 is 1.09 bits per heavy atom. The van der Waals surface area contributed by atoms with Gasteiger partial charge >= 0.3 is 6.18 Å². The number of aryl methyl sites for hydroxylation is 2. The smallest absolute Gasteiger partial charge is 0.319 e. The molecule has 0 spiro atoms. The first-order valence-electron chi connectivity index (χ1n) is 9.23. The molecule has 1 amide bonds. The second-order valence-electron chi connectivity index (χ2n) is 6.98. The van der Waals surface area contributed by atoms with Crippen LogP contribution in [0.2, 0.25) is 5.02 Å². The molecule has 1 N–H and O–H groups in total. The van der Waals surface area contributed by atoms with Gasteiger partial charge in [-0.25, -0.2) is 4.52 Å². The summed E-state index contributed by atoms with van der Waals surface area (Å²) in [4.78, 5) is 12.8. The highest BCUT2D eigenvalue weighted by Crippen LogP contribution is 2.34. The molecule has 0 saturated heterocycles. The van der Waals surface area contributed by atoms with E-state index in [1.165, 1.54) is 4.52 Å². The van der Waals surface area contributed by atoms with Crippen LogP contribution in [-0.4, -0.2) is 25.7 Å². The zero-order valence-electron chi connectivity index (χ0n) is 16.6. The standard InChI is InChI=1S/C21H14BrClF3N5O/c1-10-17(12-3-6-14(22)7-4-12)19-29-28-18(11(2)31(19)30-10)20(32)27-16-9-13(21(24,25)26)5-8-15(16)23/h3-9H,1-2H3,(H,27,32). The van der Waals surface area contributed by atoms with Crippen molar-refractivity contribution >= 4 is 44.8 Å². The van der Waals surface area contributed by atoms with Crippen LogP contribution >= 0.6 is 27.5 Å². The molecule has 2 heterocycles. The lowest BCUT2D eigenvalue weighted by Crippen LogP contribution is -2.19. The Bertz CT molecular complexity index is 1350. The van der Waals surface area contributed by atoms with Crippen LogP contribution in [0, 0.1) is 13.8 Å². The second-order valence-corrected chi connectivity index (χ2v) is 8.31. The normalized spacial score (nSPS) is 11.7. The Labute approximate surface area is 193 Å². The summed E-state index contributed by atoms with van der Waals surface area (Å²) in [7, 11) is 0. The number of anilines is 1. The number of amides is 1. The van der Waals surface area contributed by atoms with Crippen molar-refractivity contribution in [2.75, 3.05) is 5.32 Å². The third-order valence-electron chi connectivity index (χ3n) is 4.83. The van der Waals surface area contributed by atoms with E-state index in [2.05, 4.69) is 36.5 Å². The fourth-order valence-electron chi connectivity index (χ4n) is 3.25. The van der Waals surface area contributed by atoms with Gasteiger partial charge in [-0.2, -0.15) is 18.3 Å². The Hall–Kier alpha value is -2.98. The van der Waals surface area contributed by atoms with Crippen molar-refractivity contribution in [1.82, 2.24) is 19.8 Å². The summed E-state index contributed by atoms with van der Waals surface area (Å²) in [5.74, 6) is -0.753. The lowest BCUT2D eigenvalue weighted by Gasteiger charge is -2.12. The van der Waals surface area contributed by atoms with Gasteiger partial charge in [0.25, 0.3) is 5.91 Å². The highest BCUT2D eigenvalue weighted by molar-refractivity contribution is 9.10. The molecule has 4 aromatic rings. The fraction of sp³-hybridized carbons (Fsp3) is 0.143. The van der Waals surface area contributed by atoms with Gasteiger partial charge in [-0.3, -0.25) is 4.79 Å². The molecule has 0 aliphatic carbocycles. The molecule has 0 saturated carbocycles. The van der Waals surface area contributed by atoms with Gasteiger partial charge in [0.1, 0.15) is 0 Å². The molecular formula is C21H14BrClF3N5O. The highest BCUT2D eigenvalue weighted by atomic mass is 79.9. The summed E-state index contributed by atoms with van der Waals surface area (Å²) >= 11 is 9.37. The van der Waals surface area contributed by atoms with E-state index in [4.69, 9.17) is 11.6 Å². The summed E-state index contributed by atoms with van der Waals surface area (Å²) < 4.78 is 41.4. The molecule has 2 aromatic carbocycles. The van der Waals surface area contributed by atoms with Crippen molar-refractivity contribution in [3.63, 3.8) is 0 Å². The van der Waals surface area contributed by atoms with E-state index < -0.39 is 17.6 Å². The Morgan fingerprint density at radius 3 is 2.44 bits per heavy atom. The van der Waals surface area contributed by atoms with Crippen LogP contribution < -0.4 is 5.32 Å². The summed E-state index contributed by atoms with van der Waals surface area (Å²) in [5.41, 5.74) is 1.96. The molecule has 2 aromatic heterocycles. The average molecular weight is 525 g/mol. The van der Waals surface area contributed by atoms with E-state index in [1.54, 1.807) is 6.92 Å². The molecule has 0 unspecified atom stereocenters. The van der Waals surface area contributed by atoms with Gasteiger partial charge in [0.15, 0.2) is 11.3 Å². The lowest BCUT2D eigenvalue weighted by molar-refractivity contribution is -0.137. The number of nitrogens with zero attached hydrogens (tertiary/aromatic N) is 4. The predicted octanol–water partition coefficient (Wildman–Crippen LogP) is 6.10. The van der Waals surface area contributed by atoms with Crippen LogP contribution in [0.15, 0.2) is 46.9 Å². The van der Waals surface area contributed by atoms with Crippen LogP contribution in [0.3, 0.4) is 0 Å². The van der Waals surface area contributed by atoms with Gasteiger partial charge in [-0.1, -0.05) is 39.7 Å². The number of halogens is 5. The number of alkyl halides is 3. The zero-order chi connectivity index (χ0) is 23.2. The minimum atomic E-state index is -4.57. The van der Waals surface area contributed by atoms with Gasteiger partial charge in [0.05, 0.1) is 33.2 Å². The van der Waals surface area contributed by atoms with E-state index in [-0.39, 0.29) is 16.4 Å². The molecule has 32 heavy (non-hydrogen) atoms. The predicted molar refractivity (Wildman–Crippen MR) is 118 cm³/mol. The minimum absolute atomic E-state index is 0.0366. The van der Waals surface area contributed by atoms with Crippen molar-refractivity contribution < 1.29 is 18.0 Å². The summed E-state index contributed by atoms with van der Waals surface area (Å²) in [6.07, 6.45) is -4.57. The van der Waals surface area contributed by atoms with Gasteiger partial charge in [0.2, 0.25) is 0 Å². The molecule has 0 radical (unpaired) electrons. The third kappa shape index (κ3) is 4.07. The number of nitrogens with one attached hydrogen (secondary N) is 1. The number of hydrogen-bond acceptors (Lipinski definition) is 4. The minimum Gasteiger partial charge on any atom is -0.319 e. The van der Waals surface area contributed by atoms with Crippen LogP contribution in [0.25, 0.3) is 16.8 Å². The molecular weight excluding hydrogens is 511 g/mol. The van der Waals surface area contributed by atoms with Crippen LogP contribution in [-0.2, 0) is 6.18 Å². The van der Waals surface area contributed by atoms with Gasteiger partial charge in [-0.05, 0) is 49.7 Å². The molecule has 0 aliphatic heterocycles. The second kappa shape index (κ2) is 8.18. The monoisotopic (exact) mass is 523 g/mol. The number of carbonyl (C=O) groups is 1. The fourth-order valence-corrected chi connectivity index (χ4v) is 3.68. The van der Waals surface area contributed by atoms with Crippen LogP contribution in [0.1, 0.15) is 27.4 Å². The average Bonchev–Trinajstić information content (AvgIpc) is 3.06. The lowest BCUT2D eigenvalue weighted by atomic mass is 10.1. The first-order chi connectivity index (χ1) is 15.1. The molecule has 0 aliphatic rings. The molecule has 0 bridgehead atoms. The Balaban J connectivity index is 1.73. The SMILES string of the molecule is Cc1nn2c(C)c(C(=O)Nc3cc(C(F)(F)F)ccc3Cl)nnc2c1-c1ccc(Br)cc1. The van der Waals surface area contributed by atoms with E-state index in [0.717, 1.165) is 33.8 Å². The number of rotatable bonds is 3.